The van der Waals surface area contributed by atoms with Gasteiger partial charge >= 0.3 is 5.97 Å². The normalized spacial score (nSPS) is 21.0. The molecule has 1 aromatic rings. The second-order valence-corrected chi connectivity index (χ2v) is 9.69. The Labute approximate surface area is 172 Å². The number of carbonyl (C=O) groups is 1. The molecular weight excluding hydrogens is 346 g/mol. The molecule has 28 heavy (non-hydrogen) atoms. The van der Waals surface area contributed by atoms with Gasteiger partial charge in [0, 0.05) is 18.5 Å². The molecule has 0 bridgehead atoms. The first-order valence-corrected chi connectivity index (χ1v) is 11.3. The summed E-state index contributed by atoms with van der Waals surface area (Å²) in [6.07, 6.45) is 7.31. The molecule has 0 aliphatic carbocycles. The van der Waals surface area contributed by atoms with Gasteiger partial charge in [-0.25, -0.2) is 0 Å². The Bertz CT molecular complexity index is 581. The number of aryl methyl sites for hydroxylation is 1. The predicted molar refractivity (Wildman–Crippen MR) is 118 cm³/mol. The summed E-state index contributed by atoms with van der Waals surface area (Å²) in [5.74, 6) is 0.956. The zero-order valence-electron chi connectivity index (χ0n) is 18.7. The van der Waals surface area contributed by atoms with Gasteiger partial charge in [0.05, 0.1) is 0 Å². The summed E-state index contributed by atoms with van der Waals surface area (Å²) in [4.78, 5) is 14.3. The lowest BCUT2D eigenvalue weighted by Gasteiger charge is -2.46. The SMILES string of the molecule is Cc1ccc([C@@H]2[C@@H](CC(=O)O)CCCN2C(CCC(C)C)CCC(C)C)cc1. The number of nitrogens with zero attached hydrogens (tertiary/aromatic N) is 1. The molecular formula is C25H41NO2. The van der Waals surface area contributed by atoms with Crippen molar-refractivity contribution in [3.05, 3.63) is 35.4 Å². The van der Waals surface area contributed by atoms with Crippen molar-refractivity contribution in [2.24, 2.45) is 17.8 Å². The van der Waals surface area contributed by atoms with Gasteiger partial charge in [0.25, 0.3) is 0 Å². The summed E-state index contributed by atoms with van der Waals surface area (Å²) in [6.45, 7) is 12.4. The predicted octanol–water partition coefficient (Wildman–Crippen LogP) is 6.46. The largest absolute Gasteiger partial charge is 0.481 e. The van der Waals surface area contributed by atoms with Gasteiger partial charge in [-0.3, -0.25) is 9.69 Å². The molecule has 0 amide bonds. The van der Waals surface area contributed by atoms with Gasteiger partial charge in [-0.05, 0) is 75.3 Å². The first kappa shape index (κ1) is 22.9. The van der Waals surface area contributed by atoms with Crippen LogP contribution in [0.4, 0.5) is 0 Å². The van der Waals surface area contributed by atoms with E-state index in [9.17, 15) is 9.90 Å². The van der Waals surface area contributed by atoms with E-state index in [4.69, 9.17) is 0 Å². The van der Waals surface area contributed by atoms with Crippen LogP contribution in [0.3, 0.4) is 0 Å². The van der Waals surface area contributed by atoms with Crippen molar-refractivity contribution in [1.82, 2.24) is 4.90 Å². The maximum absolute atomic E-state index is 11.6. The number of piperidine rings is 1. The fourth-order valence-electron chi connectivity index (χ4n) is 4.71. The van der Waals surface area contributed by atoms with E-state index in [0.717, 1.165) is 19.4 Å². The van der Waals surface area contributed by atoms with Crippen molar-refractivity contribution in [3.63, 3.8) is 0 Å². The van der Waals surface area contributed by atoms with Crippen LogP contribution in [0.2, 0.25) is 0 Å². The van der Waals surface area contributed by atoms with Crippen LogP contribution in [0.25, 0.3) is 0 Å². The van der Waals surface area contributed by atoms with Crippen LogP contribution in [0.15, 0.2) is 24.3 Å². The number of likely N-dealkylation sites (tertiary alicyclic amines) is 1. The molecule has 0 spiro atoms. The van der Waals surface area contributed by atoms with Gasteiger partial charge in [0.2, 0.25) is 0 Å². The first-order valence-electron chi connectivity index (χ1n) is 11.3. The molecule has 0 saturated carbocycles. The lowest BCUT2D eigenvalue weighted by molar-refractivity contribution is -0.139. The Morgan fingerprint density at radius 2 is 1.61 bits per heavy atom. The molecule has 2 atom stereocenters. The summed E-state index contributed by atoms with van der Waals surface area (Å²) < 4.78 is 0. The third-order valence-electron chi connectivity index (χ3n) is 6.27. The molecule has 2 rings (SSSR count). The van der Waals surface area contributed by atoms with Crippen molar-refractivity contribution in [1.29, 1.82) is 0 Å². The van der Waals surface area contributed by atoms with E-state index in [1.54, 1.807) is 0 Å². The van der Waals surface area contributed by atoms with Gasteiger partial charge in [-0.2, -0.15) is 0 Å². The zero-order chi connectivity index (χ0) is 20.7. The molecule has 3 nitrogen and oxygen atoms in total. The standard InChI is InChI=1S/C25H41NO2/c1-18(2)8-14-23(15-9-19(3)4)26-16-6-7-22(17-24(27)28)25(26)21-12-10-20(5)11-13-21/h10-13,18-19,22-23,25H,6-9,14-17H2,1-5H3,(H,27,28)/t22-,25-/m1/s1. The summed E-state index contributed by atoms with van der Waals surface area (Å²) in [6, 6.07) is 9.60. The fourth-order valence-corrected chi connectivity index (χ4v) is 4.71. The lowest BCUT2D eigenvalue weighted by Crippen LogP contribution is -2.46. The quantitative estimate of drug-likeness (QED) is 0.500. The second kappa shape index (κ2) is 11.0. The van der Waals surface area contributed by atoms with Crippen LogP contribution in [0.1, 0.15) is 89.8 Å². The minimum absolute atomic E-state index is 0.203. The minimum Gasteiger partial charge on any atom is -0.481 e. The first-order chi connectivity index (χ1) is 13.3. The molecule has 1 N–H and O–H groups in total. The molecule has 1 aromatic carbocycles. The van der Waals surface area contributed by atoms with Crippen molar-refractivity contribution < 1.29 is 9.90 Å². The highest BCUT2D eigenvalue weighted by atomic mass is 16.4. The van der Waals surface area contributed by atoms with Crippen molar-refractivity contribution >= 4 is 5.97 Å². The summed E-state index contributed by atoms with van der Waals surface area (Å²) >= 11 is 0. The highest BCUT2D eigenvalue weighted by Gasteiger charge is 2.37. The van der Waals surface area contributed by atoms with E-state index in [0.29, 0.717) is 17.9 Å². The molecule has 1 aliphatic heterocycles. The summed E-state index contributed by atoms with van der Waals surface area (Å²) in [5.41, 5.74) is 2.56. The van der Waals surface area contributed by atoms with Gasteiger partial charge in [0.15, 0.2) is 0 Å². The fraction of sp³-hybridized carbons (Fsp3) is 0.720. The maximum atomic E-state index is 11.6. The summed E-state index contributed by atoms with van der Waals surface area (Å²) in [5, 5.41) is 9.53. The van der Waals surface area contributed by atoms with Crippen molar-refractivity contribution in [3.8, 4) is 0 Å². The van der Waals surface area contributed by atoms with Crippen LogP contribution < -0.4 is 0 Å². The molecule has 1 fully saturated rings. The third-order valence-corrected chi connectivity index (χ3v) is 6.27. The molecule has 3 heteroatoms. The van der Waals surface area contributed by atoms with Crippen LogP contribution in [-0.2, 0) is 4.79 Å². The van der Waals surface area contributed by atoms with Crippen molar-refractivity contribution in [2.45, 2.75) is 91.6 Å². The van der Waals surface area contributed by atoms with Gasteiger partial charge in [0.1, 0.15) is 0 Å². The van der Waals surface area contributed by atoms with E-state index < -0.39 is 5.97 Å². The van der Waals surface area contributed by atoms with Crippen LogP contribution in [0.5, 0.6) is 0 Å². The molecule has 0 unspecified atom stereocenters. The lowest BCUT2D eigenvalue weighted by atomic mass is 9.80. The smallest absolute Gasteiger partial charge is 0.303 e. The molecule has 1 aliphatic rings. The highest BCUT2D eigenvalue weighted by molar-refractivity contribution is 5.67. The van der Waals surface area contributed by atoms with Crippen LogP contribution >= 0.6 is 0 Å². The van der Waals surface area contributed by atoms with Crippen molar-refractivity contribution in [2.75, 3.05) is 6.54 Å². The molecule has 1 saturated heterocycles. The van der Waals surface area contributed by atoms with Gasteiger partial charge in [-0.1, -0.05) is 57.5 Å². The van der Waals surface area contributed by atoms with E-state index in [2.05, 4.69) is 63.8 Å². The molecule has 0 radical (unpaired) electrons. The Morgan fingerprint density at radius 3 is 2.11 bits per heavy atom. The number of benzene rings is 1. The number of carboxylic acid groups (broad SMARTS) is 1. The maximum Gasteiger partial charge on any atom is 0.303 e. The summed E-state index contributed by atoms with van der Waals surface area (Å²) in [7, 11) is 0. The Morgan fingerprint density at radius 1 is 1.04 bits per heavy atom. The molecule has 0 aromatic heterocycles. The Balaban J connectivity index is 2.32. The number of carboxylic acids is 1. The van der Waals surface area contributed by atoms with E-state index in [1.807, 2.05) is 0 Å². The van der Waals surface area contributed by atoms with E-state index in [-0.39, 0.29) is 18.4 Å². The number of hydrogen-bond donors (Lipinski definition) is 1. The van der Waals surface area contributed by atoms with E-state index in [1.165, 1.54) is 36.8 Å². The van der Waals surface area contributed by atoms with Gasteiger partial charge < -0.3 is 5.11 Å². The Hall–Kier alpha value is -1.35. The Kier molecular flexibility index (Phi) is 9.01. The average Bonchev–Trinajstić information content (AvgIpc) is 2.62. The number of aliphatic carboxylic acids is 1. The van der Waals surface area contributed by atoms with Crippen LogP contribution in [0, 0.1) is 24.7 Å². The van der Waals surface area contributed by atoms with Crippen LogP contribution in [-0.4, -0.2) is 28.6 Å². The second-order valence-electron chi connectivity index (χ2n) is 9.69. The monoisotopic (exact) mass is 387 g/mol. The van der Waals surface area contributed by atoms with E-state index >= 15 is 0 Å². The number of hydrogen-bond acceptors (Lipinski definition) is 2. The third kappa shape index (κ3) is 6.92. The molecule has 1 heterocycles. The topological polar surface area (TPSA) is 40.5 Å². The number of rotatable bonds is 10. The molecule has 158 valence electrons. The average molecular weight is 388 g/mol. The zero-order valence-corrected chi connectivity index (χ0v) is 18.7. The van der Waals surface area contributed by atoms with Gasteiger partial charge in [-0.15, -0.1) is 0 Å². The highest BCUT2D eigenvalue weighted by Crippen LogP contribution is 2.41. The minimum atomic E-state index is -0.662.